The Hall–Kier alpha value is -4.05. The van der Waals surface area contributed by atoms with E-state index in [4.69, 9.17) is 5.73 Å². The number of hydrogen-bond donors (Lipinski definition) is 2. The molecule has 3 N–H and O–H groups in total. The summed E-state index contributed by atoms with van der Waals surface area (Å²) in [5, 5.41) is 16.8. The van der Waals surface area contributed by atoms with E-state index in [-0.39, 0.29) is 5.95 Å². The highest BCUT2D eigenvalue weighted by Gasteiger charge is 2.26. The number of nitrogen functional groups attached to an aromatic ring is 1. The first-order chi connectivity index (χ1) is 18.7. The lowest BCUT2D eigenvalue weighted by molar-refractivity contribution is 0.247. The predicted molar refractivity (Wildman–Crippen MR) is 148 cm³/mol. The molecule has 194 valence electrons. The lowest BCUT2D eigenvalue weighted by Crippen LogP contribution is -2.47. The van der Waals surface area contributed by atoms with Crippen molar-refractivity contribution in [1.82, 2.24) is 34.8 Å². The van der Waals surface area contributed by atoms with E-state index in [1.54, 1.807) is 0 Å². The van der Waals surface area contributed by atoms with Gasteiger partial charge in [0.05, 0.1) is 17.6 Å². The Labute approximate surface area is 221 Å². The van der Waals surface area contributed by atoms with Crippen molar-refractivity contribution >= 4 is 23.4 Å². The number of nitrogens with one attached hydrogen (secondary N) is 1. The van der Waals surface area contributed by atoms with Gasteiger partial charge in [-0.1, -0.05) is 24.3 Å². The molecule has 2 aliphatic carbocycles. The highest BCUT2D eigenvalue weighted by molar-refractivity contribution is 5.68. The molecule has 1 saturated heterocycles. The van der Waals surface area contributed by atoms with E-state index in [1.807, 2.05) is 24.4 Å². The minimum atomic E-state index is 0.254. The van der Waals surface area contributed by atoms with Crippen LogP contribution in [-0.4, -0.2) is 67.6 Å². The third kappa shape index (κ3) is 4.67. The van der Waals surface area contributed by atoms with Gasteiger partial charge in [-0.05, 0) is 67.3 Å². The van der Waals surface area contributed by atoms with E-state index in [2.05, 4.69) is 64.6 Å². The summed E-state index contributed by atoms with van der Waals surface area (Å²) in [6.45, 7) is 5.51. The third-order valence-corrected chi connectivity index (χ3v) is 7.79. The molecule has 0 spiro atoms. The van der Waals surface area contributed by atoms with E-state index < -0.39 is 0 Å². The molecule has 0 radical (unpaired) electrons. The molecule has 4 aromatic rings. The van der Waals surface area contributed by atoms with Crippen molar-refractivity contribution in [3.05, 3.63) is 59.8 Å². The summed E-state index contributed by atoms with van der Waals surface area (Å²) < 4.78 is 1.54. The first-order valence-corrected chi connectivity index (χ1v) is 13.6. The molecular formula is C28H32N10. The number of aromatic nitrogens is 6. The number of nitrogens with zero attached hydrogens (tertiary/aromatic N) is 8. The zero-order valence-electron chi connectivity index (χ0n) is 21.4. The number of pyridine rings is 1. The predicted octanol–water partition coefficient (Wildman–Crippen LogP) is 3.47. The van der Waals surface area contributed by atoms with Gasteiger partial charge in [-0.15, -0.1) is 15.3 Å². The largest absolute Gasteiger partial charge is 0.368 e. The van der Waals surface area contributed by atoms with Crippen LogP contribution in [0.5, 0.6) is 0 Å². The summed E-state index contributed by atoms with van der Waals surface area (Å²) in [7, 11) is 0. The second-order valence-corrected chi connectivity index (χ2v) is 10.6. The summed E-state index contributed by atoms with van der Waals surface area (Å²) in [6.07, 6.45) is 7.66. The summed E-state index contributed by atoms with van der Waals surface area (Å²) in [5.74, 6) is 3.16. The van der Waals surface area contributed by atoms with Gasteiger partial charge >= 0.3 is 0 Å². The fraction of sp³-hybridized carbons (Fsp3) is 0.393. The number of benzene rings is 1. The summed E-state index contributed by atoms with van der Waals surface area (Å²) in [5.41, 5.74) is 11.6. The van der Waals surface area contributed by atoms with Gasteiger partial charge in [0.1, 0.15) is 5.82 Å². The molecule has 10 nitrogen and oxygen atoms in total. The number of nitrogens with two attached hydrogens (primary N) is 1. The van der Waals surface area contributed by atoms with Crippen LogP contribution >= 0.6 is 0 Å². The minimum Gasteiger partial charge on any atom is -0.368 e. The molecule has 0 atom stereocenters. The third-order valence-electron chi connectivity index (χ3n) is 7.79. The van der Waals surface area contributed by atoms with Crippen LogP contribution in [0.15, 0.2) is 48.7 Å². The van der Waals surface area contributed by atoms with Crippen LogP contribution in [0.3, 0.4) is 0 Å². The normalized spacial score (nSPS) is 17.5. The van der Waals surface area contributed by atoms with Gasteiger partial charge in [0.2, 0.25) is 11.9 Å². The fourth-order valence-electron chi connectivity index (χ4n) is 5.53. The second-order valence-electron chi connectivity index (χ2n) is 10.6. The van der Waals surface area contributed by atoms with Crippen molar-refractivity contribution in [3.63, 3.8) is 0 Å². The first-order valence-electron chi connectivity index (χ1n) is 13.6. The molecule has 10 heteroatoms. The maximum absolute atomic E-state index is 6.23. The molecule has 7 rings (SSSR count). The van der Waals surface area contributed by atoms with Crippen LogP contribution < -0.4 is 16.0 Å². The van der Waals surface area contributed by atoms with Crippen molar-refractivity contribution in [1.29, 1.82) is 0 Å². The average Bonchev–Trinajstić information content (AvgIpc) is 3.72. The van der Waals surface area contributed by atoms with E-state index in [0.717, 1.165) is 79.7 Å². The lowest BCUT2D eigenvalue weighted by atomic mass is 10.0. The van der Waals surface area contributed by atoms with Crippen molar-refractivity contribution in [2.45, 2.75) is 32.1 Å². The van der Waals surface area contributed by atoms with Gasteiger partial charge in [-0.25, -0.2) is 4.98 Å². The van der Waals surface area contributed by atoms with Crippen LogP contribution in [0.4, 0.5) is 23.4 Å². The number of aryl methyl sites for hydroxylation is 2. The molecule has 3 aliphatic rings. The molecule has 1 saturated carbocycles. The monoisotopic (exact) mass is 508 g/mol. The Morgan fingerprint density at radius 1 is 0.921 bits per heavy atom. The Balaban J connectivity index is 1.04. The Morgan fingerprint density at radius 2 is 1.76 bits per heavy atom. The topological polar surface area (TPSA) is 114 Å². The maximum atomic E-state index is 6.23. The van der Waals surface area contributed by atoms with Gasteiger partial charge in [0.15, 0.2) is 5.82 Å². The molecule has 1 aliphatic heterocycles. The highest BCUT2D eigenvalue weighted by atomic mass is 15.4. The van der Waals surface area contributed by atoms with Crippen molar-refractivity contribution < 1.29 is 0 Å². The number of fused-ring (bicyclic) bond motifs is 3. The van der Waals surface area contributed by atoms with Gasteiger partial charge < -0.3 is 16.0 Å². The SMILES string of the molecule is Nc1nc(Nc2ccc(N3CCN(CC4CC4)CC3)nc2)nn1-c1cc2c(nn1)-c1ccccc1CCC2. The summed E-state index contributed by atoms with van der Waals surface area (Å²) >= 11 is 0. The fourth-order valence-corrected chi connectivity index (χ4v) is 5.53. The highest BCUT2D eigenvalue weighted by Crippen LogP contribution is 2.32. The van der Waals surface area contributed by atoms with E-state index in [9.17, 15) is 0 Å². The molecule has 0 amide bonds. The smallest absolute Gasteiger partial charge is 0.248 e. The van der Waals surface area contributed by atoms with Crippen LogP contribution in [0, 0.1) is 5.92 Å². The van der Waals surface area contributed by atoms with Gasteiger partial charge in [-0.3, -0.25) is 4.90 Å². The van der Waals surface area contributed by atoms with E-state index in [0.29, 0.717) is 11.8 Å². The Kier molecular flexibility index (Phi) is 5.88. The molecule has 1 aromatic carbocycles. The first kappa shape index (κ1) is 23.1. The summed E-state index contributed by atoms with van der Waals surface area (Å²) in [6, 6.07) is 14.5. The minimum absolute atomic E-state index is 0.254. The molecule has 3 aromatic heterocycles. The van der Waals surface area contributed by atoms with Crippen LogP contribution in [0.1, 0.15) is 30.4 Å². The Bertz CT molecular complexity index is 1430. The van der Waals surface area contributed by atoms with Crippen LogP contribution in [0.2, 0.25) is 0 Å². The molecule has 38 heavy (non-hydrogen) atoms. The van der Waals surface area contributed by atoms with Gasteiger partial charge in [0.25, 0.3) is 0 Å². The molecular weight excluding hydrogens is 476 g/mol. The lowest BCUT2D eigenvalue weighted by Gasteiger charge is -2.35. The standard InChI is InChI=1S/C28H32N10/c29-27-32-28(31-22-10-11-24(30-17-22)37-14-12-36(13-15-37)18-19-8-9-19)35-38(27)25-16-21-6-3-5-20-4-1-2-7-23(20)26(21)34-33-25/h1-2,4,7,10-11,16-17,19H,3,5-6,8-9,12-15,18H2,(H3,29,31,32,35). The van der Waals surface area contributed by atoms with E-state index in [1.165, 1.54) is 29.6 Å². The second kappa shape index (κ2) is 9.68. The van der Waals surface area contributed by atoms with Crippen molar-refractivity contribution in [3.8, 4) is 17.1 Å². The zero-order chi connectivity index (χ0) is 25.5. The number of anilines is 4. The molecule has 0 bridgehead atoms. The number of hydrogen-bond acceptors (Lipinski definition) is 9. The molecule has 0 unspecified atom stereocenters. The number of piperazine rings is 1. The van der Waals surface area contributed by atoms with Crippen LogP contribution in [0.25, 0.3) is 17.1 Å². The average molecular weight is 509 g/mol. The maximum Gasteiger partial charge on any atom is 0.248 e. The molecule has 2 fully saturated rings. The van der Waals surface area contributed by atoms with Crippen molar-refractivity contribution in [2.75, 3.05) is 48.7 Å². The molecule has 4 heterocycles. The Morgan fingerprint density at radius 3 is 2.58 bits per heavy atom. The van der Waals surface area contributed by atoms with Crippen LogP contribution in [-0.2, 0) is 12.8 Å². The zero-order valence-corrected chi connectivity index (χ0v) is 21.4. The van der Waals surface area contributed by atoms with Gasteiger partial charge in [-0.2, -0.15) is 9.67 Å². The number of rotatable bonds is 6. The van der Waals surface area contributed by atoms with E-state index >= 15 is 0 Å². The summed E-state index contributed by atoms with van der Waals surface area (Å²) in [4.78, 5) is 14.0. The van der Waals surface area contributed by atoms with Gasteiger partial charge in [0, 0.05) is 38.3 Å². The quantitative estimate of drug-likeness (QED) is 0.404. The van der Waals surface area contributed by atoms with Crippen molar-refractivity contribution in [2.24, 2.45) is 5.92 Å².